The van der Waals surface area contributed by atoms with Gasteiger partial charge in [0.05, 0.1) is 35.3 Å². The second-order valence-corrected chi connectivity index (χ2v) is 20.9. The summed E-state index contributed by atoms with van der Waals surface area (Å²) in [4.78, 5) is 30.9. The van der Waals surface area contributed by atoms with Crippen molar-refractivity contribution in [3.05, 3.63) is 53.7 Å². The number of nitrogens with one attached hydrogen (secondary N) is 2. The lowest BCUT2D eigenvalue weighted by Crippen LogP contribution is -2.55. The van der Waals surface area contributed by atoms with Crippen LogP contribution in [0.1, 0.15) is 86.2 Å². The van der Waals surface area contributed by atoms with E-state index in [0.29, 0.717) is 16.8 Å². The number of halogens is 3. The van der Waals surface area contributed by atoms with Crippen LogP contribution in [0.2, 0.25) is 18.1 Å². The highest BCUT2D eigenvalue weighted by molar-refractivity contribution is 6.74. The van der Waals surface area contributed by atoms with Gasteiger partial charge in [0.15, 0.2) is 14.0 Å². The van der Waals surface area contributed by atoms with Crippen LogP contribution in [-0.2, 0) is 45.7 Å². The molecule has 0 aliphatic heterocycles. The van der Waals surface area contributed by atoms with E-state index in [4.69, 9.17) is 9.16 Å². The minimum atomic E-state index is -4.71. The minimum Gasteiger partial charge on any atom is -0.444 e. The molecule has 3 aromatic rings. The molecule has 1 atom stereocenters. The first-order valence-corrected chi connectivity index (χ1v) is 19.1. The van der Waals surface area contributed by atoms with Gasteiger partial charge in [0.2, 0.25) is 5.91 Å². The first-order chi connectivity index (χ1) is 22.1. The van der Waals surface area contributed by atoms with E-state index in [1.807, 2.05) is 13.8 Å². The van der Waals surface area contributed by atoms with Gasteiger partial charge in [0, 0.05) is 31.4 Å². The van der Waals surface area contributed by atoms with Gasteiger partial charge in [-0.05, 0) is 90.4 Å². The standard InChI is InChI=1S/C34H52F3N7O4Si/c1-30(2,3)47-29(46)40-24(16-22-19-39-43(11)20-22)28(45)41-32(7,8)21-44-25(18-27(42-44)34(35,36)37)23-14-15-38-26(17-23)33(9,10)48-49(12,13)31(4,5)6/h14-15,17-20,24H,16,21H2,1-13H3,(H,40,46)(H,41,45)/t24-/m1/s1. The Morgan fingerprint density at radius 1 is 0.980 bits per heavy atom. The Kier molecular flexibility index (Phi) is 11.3. The number of hydrogen-bond acceptors (Lipinski definition) is 7. The molecule has 11 nitrogen and oxygen atoms in total. The van der Waals surface area contributed by atoms with Crippen molar-refractivity contribution in [2.24, 2.45) is 7.05 Å². The van der Waals surface area contributed by atoms with Gasteiger partial charge in [-0.3, -0.25) is 19.1 Å². The first-order valence-electron chi connectivity index (χ1n) is 16.2. The summed E-state index contributed by atoms with van der Waals surface area (Å²) >= 11 is 0. The Morgan fingerprint density at radius 3 is 2.14 bits per heavy atom. The molecule has 0 unspecified atom stereocenters. The number of ether oxygens (including phenoxy) is 1. The maximum Gasteiger partial charge on any atom is 0.435 e. The zero-order valence-corrected chi connectivity index (χ0v) is 32.0. The van der Waals surface area contributed by atoms with Gasteiger partial charge in [0.25, 0.3) is 0 Å². The van der Waals surface area contributed by atoms with Crippen molar-refractivity contribution in [1.29, 1.82) is 0 Å². The molecule has 0 aliphatic rings. The van der Waals surface area contributed by atoms with Gasteiger partial charge in [0.1, 0.15) is 11.6 Å². The number of alkyl carbamates (subject to hydrolysis) is 1. The highest BCUT2D eigenvalue weighted by Crippen LogP contribution is 2.42. The van der Waals surface area contributed by atoms with E-state index < -0.39 is 55.0 Å². The largest absolute Gasteiger partial charge is 0.444 e. The number of alkyl halides is 3. The zero-order valence-electron chi connectivity index (χ0n) is 31.0. The van der Waals surface area contributed by atoms with Crippen molar-refractivity contribution in [2.45, 2.75) is 129 Å². The van der Waals surface area contributed by atoms with Crippen molar-refractivity contribution in [3.8, 4) is 11.3 Å². The predicted octanol–water partition coefficient (Wildman–Crippen LogP) is 6.99. The lowest BCUT2D eigenvalue weighted by Gasteiger charge is -2.42. The van der Waals surface area contributed by atoms with Crippen LogP contribution in [-0.4, -0.2) is 62.0 Å². The molecule has 0 saturated heterocycles. The summed E-state index contributed by atoms with van der Waals surface area (Å²) < 4.78 is 57.0. The molecule has 15 heteroatoms. The minimum absolute atomic E-state index is 0.0719. The maximum atomic E-state index is 14.0. The first kappa shape index (κ1) is 39.7. The van der Waals surface area contributed by atoms with Crippen LogP contribution in [0.5, 0.6) is 0 Å². The lowest BCUT2D eigenvalue weighted by atomic mass is 10.0. The third kappa shape index (κ3) is 10.9. The molecule has 3 aromatic heterocycles. The second-order valence-electron chi connectivity index (χ2n) is 16.2. The Bertz CT molecular complexity index is 1630. The normalized spacial score (nSPS) is 14.0. The van der Waals surface area contributed by atoms with Gasteiger partial charge >= 0.3 is 12.3 Å². The van der Waals surface area contributed by atoms with E-state index in [0.717, 1.165) is 6.07 Å². The quantitative estimate of drug-likeness (QED) is 0.206. The fourth-order valence-corrected chi connectivity index (χ4v) is 6.66. The number of hydrogen-bond donors (Lipinski definition) is 2. The van der Waals surface area contributed by atoms with Gasteiger partial charge < -0.3 is 19.8 Å². The summed E-state index contributed by atoms with van der Waals surface area (Å²) in [7, 11) is -0.510. The molecule has 0 bridgehead atoms. The number of rotatable bonds is 11. The Morgan fingerprint density at radius 2 is 1.61 bits per heavy atom. The van der Waals surface area contributed by atoms with Crippen LogP contribution < -0.4 is 10.6 Å². The molecule has 49 heavy (non-hydrogen) atoms. The van der Waals surface area contributed by atoms with Gasteiger partial charge in [-0.1, -0.05) is 20.8 Å². The number of amides is 2. The molecule has 0 aliphatic carbocycles. The van der Waals surface area contributed by atoms with Crippen molar-refractivity contribution < 1.29 is 31.9 Å². The third-order valence-corrected chi connectivity index (χ3v) is 12.9. The SMILES string of the molecule is Cn1cc(C[C@@H](NC(=O)OC(C)(C)C)C(=O)NC(C)(C)Cn2nc(C(F)(F)F)cc2-c2ccnc(C(C)(C)O[Si](C)(C)C(C)(C)C)c2)cn1. The van der Waals surface area contributed by atoms with E-state index in [2.05, 4.69) is 59.7 Å². The van der Waals surface area contributed by atoms with Gasteiger partial charge in [-0.25, -0.2) is 4.79 Å². The van der Waals surface area contributed by atoms with Crippen molar-refractivity contribution in [1.82, 2.24) is 35.2 Å². The summed E-state index contributed by atoms with van der Waals surface area (Å²) in [6, 6.07) is 3.28. The van der Waals surface area contributed by atoms with Crippen LogP contribution >= 0.6 is 0 Å². The molecule has 2 N–H and O–H groups in total. The van der Waals surface area contributed by atoms with Gasteiger partial charge in [-0.15, -0.1) is 0 Å². The molecule has 3 heterocycles. The Balaban J connectivity index is 1.95. The Labute approximate surface area is 288 Å². The van der Waals surface area contributed by atoms with Crippen molar-refractivity contribution in [2.75, 3.05) is 0 Å². The number of pyridine rings is 1. The number of carbonyl (C=O) groups is 2. The fraction of sp³-hybridized carbons (Fsp3) is 0.618. The molecule has 0 fully saturated rings. The molecule has 2 amide bonds. The van der Waals surface area contributed by atoms with Crippen LogP contribution in [0.3, 0.4) is 0 Å². The summed E-state index contributed by atoms with van der Waals surface area (Å²) in [5, 5.41) is 13.5. The molecule has 0 radical (unpaired) electrons. The zero-order chi connectivity index (χ0) is 37.4. The van der Waals surface area contributed by atoms with Gasteiger partial charge in [-0.2, -0.15) is 23.4 Å². The molecule has 272 valence electrons. The summed E-state index contributed by atoms with van der Waals surface area (Å²) in [5.74, 6) is -0.555. The lowest BCUT2D eigenvalue weighted by molar-refractivity contribution is -0.141. The van der Waals surface area contributed by atoms with Crippen LogP contribution in [0.25, 0.3) is 11.3 Å². The summed E-state index contributed by atoms with van der Waals surface area (Å²) in [5.41, 5.74) is -1.91. The fourth-order valence-electron chi connectivity index (χ4n) is 4.98. The van der Waals surface area contributed by atoms with Crippen molar-refractivity contribution in [3.63, 3.8) is 0 Å². The summed E-state index contributed by atoms with van der Waals surface area (Å²) in [6.45, 7) is 22.8. The molecule has 0 spiro atoms. The molecular formula is C34H52F3N7O4Si. The predicted molar refractivity (Wildman–Crippen MR) is 184 cm³/mol. The number of aryl methyl sites for hydroxylation is 1. The van der Waals surface area contributed by atoms with Crippen LogP contribution in [0.15, 0.2) is 36.8 Å². The highest BCUT2D eigenvalue weighted by atomic mass is 28.4. The van der Waals surface area contributed by atoms with Crippen LogP contribution in [0.4, 0.5) is 18.0 Å². The molecule has 0 saturated carbocycles. The topological polar surface area (TPSA) is 125 Å². The Hall–Kier alpha value is -3.72. The average Bonchev–Trinajstić information content (AvgIpc) is 3.51. The molecule has 0 aromatic carbocycles. The van der Waals surface area contributed by atoms with Crippen molar-refractivity contribution >= 4 is 20.3 Å². The monoisotopic (exact) mass is 707 g/mol. The number of nitrogens with zero attached hydrogens (tertiary/aromatic N) is 5. The number of carbonyl (C=O) groups excluding carboxylic acids is 2. The second kappa shape index (κ2) is 13.9. The highest BCUT2D eigenvalue weighted by Gasteiger charge is 2.43. The smallest absolute Gasteiger partial charge is 0.435 e. The maximum absolute atomic E-state index is 14.0. The molecule has 3 rings (SSSR count). The third-order valence-electron chi connectivity index (χ3n) is 8.27. The van der Waals surface area contributed by atoms with Crippen LogP contribution in [0, 0.1) is 0 Å². The molecular weight excluding hydrogens is 655 g/mol. The van der Waals surface area contributed by atoms with E-state index in [-0.39, 0.29) is 23.7 Å². The van der Waals surface area contributed by atoms with E-state index >= 15 is 0 Å². The van der Waals surface area contributed by atoms with E-state index in [9.17, 15) is 22.8 Å². The van der Waals surface area contributed by atoms with E-state index in [1.165, 1.54) is 4.68 Å². The summed E-state index contributed by atoms with van der Waals surface area (Å²) in [6.07, 6.45) is -0.541. The average molecular weight is 708 g/mol. The number of aromatic nitrogens is 5. The van der Waals surface area contributed by atoms with E-state index in [1.54, 1.807) is 77.1 Å².